The number of rotatable bonds is 2. The number of fused-ring (bicyclic) bond motifs is 1. The van der Waals surface area contributed by atoms with E-state index in [4.69, 9.17) is 14.7 Å². The third-order valence-corrected chi connectivity index (χ3v) is 3.86. The minimum absolute atomic E-state index is 0.222. The SMILES string of the molecule is N#CC1(C(=O)Nc2ccc3c(c2)OCCCO3)CCC1. The van der Waals surface area contributed by atoms with E-state index in [1.54, 1.807) is 18.2 Å². The lowest BCUT2D eigenvalue weighted by Crippen LogP contribution is -2.40. The molecular weight excluding hydrogens is 256 g/mol. The molecule has 20 heavy (non-hydrogen) atoms. The Morgan fingerprint density at radius 2 is 1.95 bits per heavy atom. The fourth-order valence-corrected chi connectivity index (χ4v) is 2.41. The maximum atomic E-state index is 12.2. The van der Waals surface area contributed by atoms with Gasteiger partial charge in [-0.2, -0.15) is 5.26 Å². The standard InChI is InChI=1S/C15H16N2O3/c16-10-15(5-1-6-15)14(18)17-11-3-4-12-13(9-11)20-8-2-7-19-12/h3-4,9H,1-2,5-8H2,(H,17,18). The highest BCUT2D eigenvalue weighted by Crippen LogP contribution is 2.41. The van der Waals surface area contributed by atoms with Crippen molar-refractivity contribution in [1.29, 1.82) is 5.26 Å². The van der Waals surface area contributed by atoms with Crippen molar-refractivity contribution < 1.29 is 14.3 Å². The maximum Gasteiger partial charge on any atom is 0.244 e. The van der Waals surface area contributed by atoms with Crippen molar-refractivity contribution in [1.82, 2.24) is 0 Å². The topological polar surface area (TPSA) is 71.4 Å². The molecule has 3 rings (SSSR count). The van der Waals surface area contributed by atoms with Gasteiger partial charge >= 0.3 is 0 Å². The van der Waals surface area contributed by atoms with Crippen LogP contribution in [0.15, 0.2) is 18.2 Å². The summed E-state index contributed by atoms with van der Waals surface area (Å²) in [5, 5.41) is 12.0. The average Bonchev–Trinajstić information content (AvgIpc) is 2.62. The summed E-state index contributed by atoms with van der Waals surface area (Å²) in [4.78, 5) is 12.2. The van der Waals surface area contributed by atoms with Crippen LogP contribution in [-0.4, -0.2) is 19.1 Å². The molecule has 0 saturated heterocycles. The van der Waals surface area contributed by atoms with E-state index < -0.39 is 5.41 Å². The normalized spacial score (nSPS) is 19.1. The zero-order valence-electron chi connectivity index (χ0n) is 11.1. The predicted octanol–water partition coefficient (Wildman–Crippen LogP) is 2.48. The highest BCUT2D eigenvalue weighted by Gasteiger charge is 2.44. The lowest BCUT2D eigenvalue weighted by molar-refractivity contribution is -0.126. The molecule has 1 fully saturated rings. The molecule has 0 radical (unpaired) electrons. The summed E-state index contributed by atoms with van der Waals surface area (Å²) in [5.74, 6) is 1.11. The van der Waals surface area contributed by atoms with Crippen LogP contribution in [0.4, 0.5) is 5.69 Å². The van der Waals surface area contributed by atoms with Gasteiger partial charge in [-0.15, -0.1) is 0 Å². The van der Waals surface area contributed by atoms with Crippen molar-refractivity contribution in [2.45, 2.75) is 25.7 Å². The van der Waals surface area contributed by atoms with Gasteiger partial charge in [0.1, 0.15) is 5.41 Å². The number of amides is 1. The van der Waals surface area contributed by atoms with Gasteiger partial charge in [-0.05, 0) is 31.4 Å². The summed E-state index contributed by atoms with van der Waals surface area (Å²) in [6, 6.07) is 7.45. The molecule has 104 valence electrons. The molecule has 0 unspecified atom stereocenters. The number of benzene rings is 1. The van der Waals surface area contributed by atoms with Crippen molar-refractivity contribution in [3.05, 3.63) is 18.2 Å². The molecule has 5 heteroatoms. The predicted molar refractivity (Wildman–Crippen MR) is 72.6 cm³/mol. The fraction of sp³-hybridized carbons (Fsp3) is 0.467. The van der Waals surface area contributed by atoms with Crippen LogP contribution in [-0.2, 0) is 4.79 Å². The summed E-state index contributed by atoms with van der Waals surface area (Å²) in [5.41, 5.74) is -0.203. The van der Waals surface area contributed by atoms with Crippen molar-refractivity contribution in [3.8, 4) is 17.6 Å². The van der Waals surface area contributed by atoms with Crippen molar-refractivity contribution in [2.24, 2.45) is 5.41 Å². The molecule has 1 aliphatic heterocycles. The Morgan fingerprint density at radius 1 is 1.20 bits per heavy atom. The van der Waals surface area contributed by atoms with E-state index >= 15 is 0 Å². The first-order chi connectivity index (χ1) is 9.73. The highest BCUT2D eigenvalue weighted by molar-refractivity contribution is 5.98. The monoisotopic (exact) mass is 272 g/mol. The van der Waals surface area contributed by atoms with Gasteiger partial charge in [0.2, 0.25) is 5.91 Å². The molecule has 1 N–H and O–H groups in total. The molecule has 1 aromatic carbocycles. The highest BCUT2D eigenvalue weighted by atomic mass is 16.5. The van der Waals surface area contributed by atoms with E-state index in [1.807, 2.05) is 0 Å². The second kappa shape index (κ2) is 5.04. The molecule has 0 atom stereocenters. The summed E-state index contributed by atoms with van der Waals surface area (Å²) in [6.45, 7) is 1.24. The number of ether oxygens (including phenoxy) is 2. The molecule has 1 aliphatic carbocycles. The smallest absolute Gasteiger partial charge is 0.244 e. The van der Waals surface area contributed by atoms with Crippen LogP contribution in [0.5, 0.6) is 11.5 Å². The number of hydrogen-bond acceptors (Lipinski definition) is 4. The summed E-state index contributed by atoms with van der Waals surface area (Å²) in [6.07, 6.45) is 3.05. The van der Waals surface area contributed by atoms with Crippen LogP contribution in [0, 0.1) is 16.7 Å². The van der Waals surface area contributed by atoms with Crippen LogP contribution >= 0.6 is 0 Å². The number of nitriles is 1. The van der Waals surface area contributed by atoms with E-state index in [0.29, 0.717) is 43.2 Å². The molecule has 5 nitrogen and oxygen atoms in total. The first-order valence-electron chi connectivity index (χ1n) is 6.86. The van der Waals surface area contributed by atoms with Gasteiger partial charge < -0.3 is 14.8 Å². The van der Waals surface area contributed by atoms with Crippen LogP contribution in [0.3, 0.4) is 0 Å². The van der Waals surface area contributed by atoms with Gasteiger partial charge in [0, 0.05) is 18.2 Å². The molecular formula is C15H16N2O3. The van der Waals surface area contributed by atoms with Gasteiger partial charge in [0.15, 0.2) is 11.5 Å². The van der Waals surface area contributed by atoms with Crippen LogP contribution in [0.25, 0.3) is 0 Å². The first kappa shape index (κ1) is 12.8. The molecule has 2 aliphatic rings. The molecule has 1 saturated carbocycles. The van der Waals surface area contributed by atoms with Crippen LogP contribution in [0.2, 0.25) is 0 Å². The first-order valence-corrected chi connectivity index (χ1v) is 6.86. The number of carbonyl (C=O) groups is 1. The Kier molecular flexibility index (Phi) is 3.23. The van der Waals surface area contributed by atoms with E-state index in [-0.39, 0.29) is 5.91 Å². The number of anilines is 1. The number of nitrogens with one attached hydrogen (secondary N) is 1. The van der Waals surface area contributed by atoms with Crippen LogP contribution < -0.4 is 14.8 Å². The molecule has 1 aromatic rings. The zero-order chi connectivity index (χ0) is 14.0. The van der Waals surface area contributed by atoms with Gasteiger partial charge in [-0.1, -0.05) is 0 Å². The number of carbonyl (C=O) groups excluding carboxylic acids is 1. The summed E-state index contributed by atoms with van der Waals surface area (Å²) in [7, 11) is 0. The lowest BCUT2D eigenvalue weighted by Gasteiger charge is -2.33. The Labute approximate surface area is 117 Å². The number of hydrogen-bond donors (Lipinski definition) is 1. The minimum Gasteiger partial charge on any atom is -0.490 e. The maximum absolute atomic E-state index is 12.2. The fourth-order valence-electron chi connectivity index (χ4n) is 2.41. The van der Waals surface area contributed by atoms with E-state index in [2.05, 4.69) is 11.4 Å². The third kappa shape index (κ3) is 2.18. The number of nitrogens with zero attached hydrogens (tertiary/aromatic N) is 1. The van der Waals surface area contributed by atoms with Gasteiger partial charge in [0.25, 0.3) is 0 Å². The van der Waals surface area contributed by atoms with Gasteiger partial charge in [-0.25, -0.2) is 0 Å². The summed E-state index contributed by atoms with van der Waals surface area (Å²) < 4.78 is 11.1. The zero-order valence-corrected chi connectivity index (χ0v) is 11.1. The molecule has 0 aromatic heterocycles. The molecule has 0 spiro atoms. The van der Waals surface area contributed by atoms with Crippen molar-refractivity contribution >= 4 is 11.6 Å². The largest absolute Gasteiger partial charge is 0.490 e. The van der Waals surface area contributed by atoms with Gasteiger partial charge in [-0.3, -0.25) is 4.79 Å². The van der Waals surface area contributed by atoms with Crippen molar-refractivity contribution in [3.63, 3.8) is 0 Å². The third-order valence-electron chi connectivity index (χ3n) is 3.86. The van der Waals surface area contributed by atoms with Crippen molar-refractivity contribution in [2.75, 3.05) is 18.5 Å². The Bertz CT molecular complexity index is 573. The average molecular weight is 272 g/mol. The molecule has 1 amide bonds. The minimum atomic E-state index is -0.843. The second-order valence-corrected chi connectivity index (χ2v) is 5.21. The quantitative estimate of drug-likeness (QED) is 0.897. The second-order valence-electron chi connectivity index (χ2n) is 5.21. The Morgan fingerprint density at radius 3 is 2.60 bits per heavy atom. The molecule has 0 bridgehead atoms. The van der Waals surface area contributed by atoms with E-state index in [1.165, 1.54) is 0 Å². The van der Waals surface area contributed by atoms with E-state index in [0.717, 1.165) is 12.8 Å². The van der Waals surface area contributed by atoms with E-state index in [9.17, 15) is 4.79 Å². The Balaban J connectivity index is 1.77. The van der Waals surface area contributed by atoms with Crippen LogP contribution in [0.1, 0.15) is 25.7 Å². The summed E-state index contributed by atoms with van der Waals surface area (Å²) >= 11 is 0. The molecule has 1 heterocycles. The van der Waals surface area contributed by atoms with Gasteiger partial charge in [0.05, 0.1) is 19.3 Å². The lowest BCUT2D eigenvalue weighted by atomic mass is 9.69. The Hall–Kier alpha value is -2.22.